The van der Waals surface area contributed by atoms with Crippen LogP contribution in [0.3, 0.4) is 0 Å². The van der Waals surface area contributed by atoms with Gasteiger partial charge in [-0.2, -0.15) is 0 Å². The van der Waals surface area contributed by atoms with Crippen LogP contribution in [0.4, 0.5) is 5.82 Å². The van der Waals surface area contributed by atoms with Crippen LogP contribution in [0.1, 0.15) is 24.5 Å². The highest BCUT2D eigenvalue weighted by Gasteiger charge is 2.34. The maximum atomic E-state index is 11.9. The second-order valence-corrected chi connectivity index (χ2v) is 12.2. The molecule has 3 aromatic rings. The summed E-state index contributed by atoms with van der Waals surface area (Å²) in [5.74, 6) is -0.643. The average Bonchev–Trinajstić information content (AvgIpc) is 3.24. The van der Waals surface area contributed by atoms with Gasteiger partial charge in [-0.15, -0.1) is 0 Å². The highest BCUT2D eigenvalue weighted by molar-refractivity contribution is 7.70. The number of aliphatic hydroxyl groups excluding tert-OH is 3. The molecule has 7 N–H and O–H groups in total. The number of aliphatic hydroxyl groups is 3. The molecule has 0 aliphatic rings. The summed E-state index contributed by atoms with van der Waals surface area (Å²) in [6.45, 7) is 2.81. The Morgan fingerprint density at radius 2 is 1.81 bits per heavy atom. The average molecular weight is 557 g/mol. The maximum Gasteiger partial charge on any atom is 0.340 e. The van der Waals surface area contributed by atoms with E-state index in [0.717, 1.165) is 10.1 Å². The normalized spacial score (nSPS) is 16.8. The fourth-order valence-electron chi connectivity index (χ4n) is 3.46. The van der Waals surface area contributed by atoms with E-state index < -0.39 is 46.1 Å². The topological polar surface area (TPSA) is 220 Å². The molecule has 1 aromatic carbocycles. The van der Waals surface area contributed by atoms with Crippen LogP contribution in [0.15, 0.2) is 48.3 Å². The molecule has 0 aliphatic heterocycles. The van der Waals surface area contributed by atoms with Gasteiger partial charge in [0.25, 0.3) is 0 Å². The number of aryl methyl sites for hydroxylation is 1. The van der Waals surface area contributed by atoms with Gasteiger partial charge in [-0.25, -0.2) is 15.0 Å². The van der Waals surface area contributed by atoms with Crippen molar-refractivity contribution in [2.24, 2.45) is 0 Å². The quantitative estimate of drug-likeness (QED) is 0.123. The molecule has 1 unspecified atom stereocenters. The van der Waals surface area contributed by atoms with Gasteiger partial charge in [-0.05, 0) is 25.0 Å². The Morgan fingerprint density at radius 1 is 1.14 bits per heavy atom. The Morgan fingerprint density at radius 3 is 2.43 bits per heavy atom. The van der Waals surface area contributed by atoms with E-state index in [4.69, 9.17) is 14.3 Å². The summed E-state index contributed by atoms with van der Waals surface area (Å²) in [5.41, 5.74) is 1.39. The lowest BCUT2D eigenvalue weighted by atomic mass is 10.0. The van der Waals surface area contributed by atoms with E-state index in [9.17, 15) is 29.3 Å². The fraction of sp³-hybridized carbons (Fsp3) is 0.381. The summed E-state index contributed by atoms with van der Waals surface area (Å²) >= 11 is 0. The van der Waals surface area contributed by atoms with Gasteiger partial charge < -0.3 is 39.8 Å². The lowest BCUT2D eigenvalue weighted by Gasteiger charge is -2.26. The third-order valence-electron chi connectivity index (χ3n) is 5.30. The van der Waals surface area contributed by atoms with Crippen molar-refractivity contribution in [1.29, 1.82) is 0 Å². The first kappa shape index (κ1) is 29.1. The fourth-order valence-corrected chi connectivity index (χ4v) is 6.00. The monoisotopic (exact) mass is 557 g/mol. The van der Waals surface area contributed by atoms with E-state index in [2.05, 4.69) is 20.3 Å². The zero-order chi connectivity index (χ0) is 27.4. The number of nitrogens with zero attached hydrogens (tertiary/aromatic N) is 4. The first-order valence-electron chi connectivity index (χ1n) is 11.0. The van der Waals surface area contributed by atoms with Crippen molar-refractivity contribution in [3.63, 3.8) is 0 Å². The molecule has 0 amide bonds. The van der Waals surface area contributed by atoms with Gasteiger partial charge in [0.2, 0.25) is 0 Å². The molecule has 0 saturated heterocycles. The number of aromatic nitrogens is 4. The van der Waals surface area contributed by atoms with Crippen LogP contribution in [0.5, 0.6) is 0 Å². The summed E-state index contributed by atoms with van der Waals surface area (Å²) in [4.78, 5) is 40.4. The summed E-state index contributed by atoms with van der Waals surface area (Å²) < 4.78 is 28.8. The number of allylic oxidation sites excluding steroid dienone is 1. The smallest absolute Gasteiger partial charge is 0.340 e. The number of nitrogens with one attached hydrogen (secondary N) is 1. The van der Waals surface area contributed by atoms with Gasteiger partial charge in [0, 0.05) is 6.54 Å². The van der Waals surface area contributed by atoms with E-state index in [1.807, 2.05) is 30.3 Å². The summed E-state index contributed by atoms with van der Waals surface area (Å²) in [7, 11) is -9.53. The molecule has 16 heteroatoms. The molecule has 202 valence electrons. The predicted octanol–water partition coefficient (Wildman–Crippen LogP) is 1.24. The Labute approximate surface area is 212 Å². The zero-order valence-electron chi connectivity index (χ0n) is 20.0. The van der Waals surface area contributed by atoms with Crippen molar-refractivity contribution >= 4 is 32.2 Å². The third kappa shape index (κ3) is 7.74. The van der Waals surface area contributed by atoms with Crippen molar-refractivity contribution in [3.05, 3.63) is 59.7 Å². The molecule has 3 rings (SSSR count). The summed E-state index contributed by atoms with van der Waals surface area (Å²) in [5, 5.41) is 35.3. The molecule has 0 fully saturated rings. The predicted molar refractivity (Wildman–Crippen MR) is 134 cm³/mol. The molecule has 14 nitrogen and oxygen atoms in total. The molecule has 0 bridgehead atoms. The van der Waals surface area contributed by atoms with E-state index in [-0.39, 0.29) is 11.2 Å². The Hall–Kier alpha value is -2.51. The lowest BCUT2D eigenvalue weighted by Crippen LogP contribution is -2.37. The minimum absolute atomic E-state index is 0.105. The molecular weight excluding hydrogens is 528 g/mol. The van der Waals surface area contributed by atoms with Crippen LogP contribution < -0.4 is 5.32 Å². The Balaban J connectivity index is 1.77. The van der Waals surface area contributed by atoms with Crippen LogP contribution in [0, 0.1) is 6.92 Å². The second-order valence-electron chi connectivity index (χ2n) is 8.21. The number of hydrogen-bond donors (Lipinski definition) is 7. The van der Waals surface area contributed by atoms with E-state index in [0.29, 0.717) is 23.7 Å². The molecule has 2 aromatic heterocycles. The number of benzene rings is 1. The van der Waals surface area contributed by atoms with E-state index in [1.165, 1.54) is 19.3 Å². The number of hydrogen-bond acceptors (Lipinski definition) is 10. The minimum Gasteiger partial charge on any atom is -0.386 e. The van der Waals surface area contributed by atoms with Gasteiger partial charge in [0.1, 0.15) is 18.0 Å². The van der Waals surface area contributed by atoms with E-state index in [1.54, 1.807) is 6.92 Å². The highest BCUT2D eigenvalue weighted by atomic mass is 31.2. The lowest BCUT2D eigenvalue weighted by molar-refractivity contribution is -0.0795. The Bertz CT molecular complexity index is 1340. The van der Waals surface area contributed by atoms with Gasteiger partial charge >= 0.3 is 15.2 Å². The van der Waals surface area contributed by atoms with Crippen LogP contribution in [-0.4, -0.2) is 74.2 Å². The van der Waals surface area contributed by atoms with Crippen molar-refractivity contribution in [2.45, 2.75) is 38.8 Å². The van der Waals surface area contributed by atoms with Crippen molar-refractivity contribution in [1.82, 2.24) is 19.5 Å². The van der Waals surface area contributed by atoms with Crippen molar-refractivity contribution in [3.8, 4) is 0 Å². The van der Waals surface area contributed by atoms with Gasteiger partial charge in [-0.1, -0.05) is 36.4 Å². The number of rotatable bonds is 12. The molecule has 0 radical (unpaired) electrons. The van der Waals surface area contributed by atoms with Crippen LogP contribution in [0.25, 0.3) is 11.2 Å². The third-order valence-corrected chi connectivity index (χ3v) is 8.73. The van der Waals surface area contributed by atoms with Crippen molar-refractivity contribution in [2.75, 3.05) is 17.8 Å². The molecule has 4 atom stereocenters. The summed E-state index contributed by atoms with van der Waals surface area (Å²) in [6, 6.07) is 9.56. The minimum atomic E-state index is -4.84. The first-order chi connectivity index (χ1) is 17.3. The highest BCUT2D eigenvalue weighted by Crippen LogP contribution is 2.55. The molecule has 37 heavy (non-hydrogen) atoms. The van der Waals surface area contributed by atoms with Gasteiger partial charge in [0.15, 0.2) is 29.1 Å². The zero-order valence-corrected chi connectivity index (χ0v) is 21.8. The largest absolute Gasteiger partial charge is 0.386 e. The van der Waals surface area contributed by atoms with Gasteiger partial charge in [-0.3, -0.25) is 13.7 Å². The SMILES string of the molecule is C/C=C(/COP(=O)(O)CP(=O)(O)O)[C@@H](O)[C@@H](O)[C@@H](O)n1cnc2c(NCc3ccccc3)nc(C)nc21. The number of anilines is 1. The number of imidazole rings is 1. The standard InChI is InChI=1S/C21H29N5O9P2/c1-3-15(10-35-37(33,34)12-36(30,31)32)17(27)18(28)21(29)26-11-23-16-19(24-13(2)25-20(16)26)22-9-14-7-5-4-6-8-14/h3-8,11,17-18,21,27-29H,9-10,12H2,1-2H3,(H,33,34)(H,22,24,25)(H2,30,31,32)/b15-3-/t17-,18-,21-/m1/s1. The van der Waals surface area contributed by atoms with Gasteiger partial charge in [0.05, 0.1) is 12.9 Å². The number of fused-ring (bicyclic) bond motifs is 1. The molecular formula is C21H29N5O9P2. The van der Waals surface area contributed by atoms with Crippen LogP contribution in [0.2, 0.25) is 0 Å². The molecule has 0 aliphatic carbocycles. The van der Waals surface area contributed by atoms with Crippen LogP contribution >= 0.6 is 15.2 Å². The molecule has 2 heterocycles. The van der Waals surface area contributed by atoms with E-state index >= 15 is 0 Å². The Kier molecular flexibility index (Phi) is 9.35. The van der Waals surface area contributed by atoms with Crippen LogP contribution in [-0.2, 0) is 20.2 Å². The maximum absolute atomic E-state index is 11.9. The second kappa shape index (κ2) is 11.9. The first-order valence-corrected chi connectivity index (χ1v) is 14.6. The van der Waals surface area contributed by atoms with Crippen molar-refractivity contribution < 1.29 is 43.7 Å². The molecule has 0 spiro atoms. The summed E-state index contributed by atoms with van der Waals surface area (Å²) in [6.07, 6.45) is -2.88. The molecule has 0 saturated carbocycles.